The van der Waals surface area contributed by atoms with Crippen LogP contribution in [0.4, 0.5) is 0 Å². The van der Waals surface area contributed by atoms with E-state index in [0.29, 0.717) is 18.4 Å². The molecule has 0 amide bonds. The average Bonchev–Trinajstić information content (AvgIpc) is 3.12. The molecule has 1 heterocycles. The predicted octanol–water partition coefficient (Wildman–Crippen LogP) is 3.83. The van der Waals surface area contributed by atoms with E-state index in [1.807, 2.05) is 33.8 Å². The molecule has 8 heteroatoms. The summed E-state index contributed by atoms with van der Waals surface area (Å²) in [7, 11) is 1.26. The molecule has 2 saturated carbocycles. The highest BCUT2D eigenvalue weighted by Gasteiger charge is 2.84. The van der Waals surface area contributed by atoms with Crippen molar-refractivity contribution < 1.29 is 38.5 Å². The lowest BCUT2D eigenvalue weighted by molar-refractivity contribution is -0.216. The third-order valence-electron chi connectivity index (χ3n) is 11.0. The van der Waals surface area contributed by atoms with Crippen molar-refractivity contribution in [2.45, 2.75) is 79.9 Å². The number of ether oxygens (including phenoxy) is 3. The normalized spacial score (nSPS) is 46.3. The Labute approximate surface area is 211 Å². The third-order valence-corrected chi connectivity index (χ3v) is 11.0. The zero-order chi connectivity index (χ0) is 26.8. The van der Waals surface area contributed by atoms with Crippen molar-refractivity contribution in [3.8, 4) is 0 Å². The van der Waals surface area contributed by atoms with Crippen LogP contribution in [0, 0.1) is 38.9 Å². The second kappa shape index (κ2) is 7.01. The van der Waals surface area contributed by atoms with Gasteiger partial charge < -0.3 is 19.3 Å². The topological polar surface area (TPSA) is 116 Å². The zero-order valence-corrected chi connectivity index (χ0v) is 22.3. The number of Topliss-reactive ketones (excluding diaryl/α,β-unsaturated/α-hetero) is 1. The molecule has 2 unspecified atom stereocenters. The summed E-state index contributed by atoms with van der Waals surface area (Å²) in [6.07, 6.45) is 2.14. The molecule has 1 aliphatic heterocycles. The largest absolute Gasteiger partial charge is 0.511 e. The highest BCUT2D eigenvalue weighted by Crippen LogP contribution is 2.79. The van der Waals surface area contributed by atoms with Gasteiger partial charge in [-0.15, -0.1) is 0 Å². The van der Waals surface area contributed by atoms with Crippen LogP contribution in [0.5, 0.6) is 0 Å². The number of rotatable bonds is 2. The van der Waals surface area contributed by atoms with E-state index in [1.54, 1.807) is 13.8 Å². The molecule has 196 valence electrons. The van der Waals surface area contributed by atoms with Gasteiger partial charge in [-0.2, -0.15) is 0 Å². The third kappa shape index (κ3) is 2.29. The lowest BCUT2D eigenvalue weighted by Crippen LogP contribution is -2.71. The van der Waals surface area contributed by atoms with Crippen LogP contribution in [-0.4, -0.2) is 48.1 Å². The van der Waals surface area contributed by atoms with E-state index in [2.05, 4.69) is 0 Å². The maximum absolute atomic E-state index is 14.1. The van der Waals surface area contributed by atoms with Crippen molar-refractivity contribution in [1.29, 1.82) is 0 Å². The number of hydrogen-bond donors (Lipinski definition) is 1. The van der Waals surface area contributed by atoms with E-state index in [4.69, 9.17) is 14.2 Å². The number of ketones is 1. The molecule has 5 aliphatic rings. The van der Waals surface area contributed by atoms with Crippen LogP contribution >= 0.6 is 0 Å². The molecule has 0 aromatic heterocycles. The molecular formula is C28H36O8. The molecule has 4 aliphatic carbocycles. The van der Waals surface area contributed by atoms with Crippen LogP contribution < -0.4 is 0 Å². The van der Waals surface area contributed by atoms with Crippen LogP contribution in [0.3, 0.4) is 0 Å². The second-order valence-corrected chi connectivity index (χ2v) is 12.5. The molecule has 3 fully saturated rings. The monoisotopic (exact) mass is 500 g/mol. The fraction of sp³-hybridized carbons (Fsp3) is 0.714. The number of carbonyl (C=O) groups is 4. The van der Waals surface area contributed by atoms with Gasteiger partial charge in [0.15, 0.2) is 11.2 Å². The summed E-state index contributed by atoms with van der Waals surface area (Å²) >= 11 is 0. The summed E-state index contributed by atoms with van der Waals surface area (Å²) in [4.78, 5) is 53.7. The fourth-order valence-electron chi connectivity index (χ4n) is 9.58. The standard InChI is InChI=1S/C28H36O8/c1-13-11-17-25(6,28(23(33)34-8)21(31)14(2)20(30)26(13,28)7)12-16-19-24(4,5)18(35-15(3)29)9-10-27(17,19)22(32)36-16/h11,16-19,30H,9-10,12H2,1-8H3/t16-,17?,18+,19?,25+,26+,27-,28-/m0/s1. The van der Waals surface area contributed by atoms with Gasteiger partial charge in [0, 0.05) is 35.2 Å². The quantitative estimate of drug-likeness (QED) is 0.263. The number of fused-ring (bicyclic) bond motifs is 3. The summed E-state index contributed by atoms with van der Waals surface area (Å²) in [6.45, 7) is 12.4. The van der Waals surface area contributed by atoms with E-state index >= 15 is 0 Å². The number of hydrogen-bond acceptors (Lipinski definition) is 8. The van der Waals surface area contributed by atoms with Crippen LogP contribution in [0.2, 0.25) is 0 Å². The summed E-state index contributed by atoms with van der Waals surface area (Å²) < 4.78 is 17.1. The van der Waals surface area contributed by atoms with Gasteiger partial charge in [0.25, 0.3) is 0 Å². The minimum absolute atomic E-state index is 0.121. The molecule has 1 saturated heterocycles. The molecule has 1 N–H and O–H groups in total. The molecule has 2 bridgehead atoms. The Morgan fingerprint density at radius 1 is 1.14 bits per heavy atom. The van der Waals surface area contributed by atoms with Crippen molar-refractivity contribution >= 4 is 23.7 Å². The molecular weight excluding hydrogens is 464 g/mol. The lowest BCUT2D eigenvalue weighted by Gasteiger charge is -2.66. The van der Waals surface area contributed by atoms with Gasteiger partial charge in [-0.05, 0) is 40.0 Å². The Balaban J connectivity index is 1.79. The number of aliphatic hydroxyl groups is 1. The first-order chi connectivity index (χ1) is 16.6. The molecule has 0 aromatic carbocycles. The van der Waals surface area contributed by atoms with Crippen molar-refractivity contribution in [3.05, 3.63) is 23.0 Å². The number of methoxy groups -OCH3 is 1. The minimum atomic E-state index is -1.74. The van der Waals surface area contributed by atoms with Gasteiger partial charge in [-0.3, -0.25) is 19.2 Å². The number of aliphatic hydroxyl groups excluding tert-OH is 1. The molecule has 8 nitrogen and oxygen atoms in total. The van der Waals surface area contributed by atoms with E-state index in [-0.39, 0.29) is 41.7 Å². The Bertz CT molecular complexity index is 1180. The fourth-order valence-corrected chi connectivity index (χ4v) is 9.58. The van der Waals surface area contributed by atoms with Gasteiger partial charge >= 0.3 is 17.9 Å². The van der Waals surface area contributed by atoms with E-state index in [0.717, 1.165) is 0 Å². The maximum atomic E-state index is 14.1. The van der Waals surface area contributed by atoms with Crippen molar-refractivity contribution in [2.24, 2.45) is 38.9 Å². The van der Waals surface area contributed by atoms with Gasteiger partial charge in [0.05, 0.1) is 17.9 Å². The Morgan fingerprint density at radius 2 is 1.78 bits per heavy atom. The van der Waals surface area contributed by atoms with E-state index < -0.39 is 50.8 Å². The molecule has 0 radical (unpaired) electrons. The molecule has 36 heavy (non-hydrogen) atoms. The first-order valence-corrected chi connectivity index (χ1v) is 12.7. The second-order valence-electron chi connectivity index (χ2n) is 12.5. The molecule has 8 atom stereocenters. The van der Waals surface area contributed by atoms with E-state index in [1.165, 1.54) is 14.0 Å². The molecule has 0 aromatic rings. The van der Waals surface area contributed by atoms with Crippen molar-refractivity contribution in [3.63, 3.8) is 0 Å². The predicted molar refractivity (Wildman–Crippen MR) is 127 cm³/mol. The van der Waals surface area contributed by atoms with E-state index in [9.17, 15) is 24.3 Å². The Morgan fingerprint density at radius 3 is 2.36 bits per heavy atom. The lowest BCUT2D eigenvalue weighted by atomic mass is 9.33. The van der Waals surface area contributed by atoms with Crippen molar-refractivity contribution in [2.75, 3.05) is 7.11 Å². The van der Waals surface area contributed by atoms with Crippen LogP contribution in [0.15, 0.2) is 23.0 Å². The summed E-state index contributed by atoms with van der Waals surface area (Å²) in [6, 6.07) is 0. The number of esters is 3. The number of carbonyl (C=O) groups excluding carboxylic acids is 4. The van der Waals surface area contributed by atoms with Gasteiger partial charge in [0.2, 0.25) is 0 Å². The van der Waals surface area contributed by atoms with Crippen LogP contribution in [0.1, 0.15) is 67.7 Å². The van der Waals surface area contributed by atoms with Gasteiger partial charge in [0.1, 0.15) is 18.0 Å². The maximum Gasteiger partial charge on any atom is 0.321 e. The van der Waals surface area contributed by atoms with Crippen LogP contribution in [0.25, 0.3) is 0 Å². The highest BCUT2D eigenvalue weighted by molar-refractivity contribution is 6.17. The summed E-state index contributed by atoms with van der Waals surface area (Å²) in [5.74, 6) is -2.77. The van der Waals surface area contributed by atoms with Gasteiger partial charge in [-0.25, -0.2) is 0 Å². The first-order valence-electron chi connectivity index (χ1n) is 12.7. The summed E-state index contributed by atoms with van der Waals surface area (Å²) in [5, 5.41) is 11.3. The average molecular weight is 501 g/mol. The first kappa shape index (κ1) is 25.0. The van der Waals surface area contributed by atoms with Gasteiger partial charge in [-0.1, -0.05) is 32.4 Å². The van der Waals surface area contributed by atoms with Crippen molar-refractivity contribution in [1.82, 2.24) is 0 Å². The van der Waals surface area contributed by atoms with Crippen LogP contribution in [-0.2, 0) is 33.4 Å². The number of allylic oxidation sites excluding steroid dienone is 3. The Hall–Kier alpha value is -2.64. The Kier molecular flexibility index (Phi) is 4.88. The smallest absolute Gasteiger partial charge is 0.321 e. The highest BCUT2D eigenvalue weighted by atomic mass is 16.6. The minimum Gasteiger partial charge on any atom is -0.511 e. The molecule has 5 rings (SSSR count). The summed E-state index contributed by atoms with van der Waals surface area (Å²) in [5.41, 5.74) is -4.90. The molecule has 0 spiro atoms. The zero-order valence-electron chi connectivity index (χ0n) is 22.3. The SMILES string of the molecule is COC(=O)[C@]12C(=O)C(C)=C(O)[C@@]1(C)C(C)=CC1[C@@]34CC[C@@H](OC(C)=O)C(C)(C)C3[C@H](C[C@]12C)OC4=O.